The van der Waals surface area contributed by atoms with Crippen LogP contribution in [0.5, 0.6) is 0 Å². The van der Waals surface area contributed by atoms with Crippen molar-refractivity contribution in [3.63, 3.8) is 0 Å². The second-order valence-corrected chi connectivity index (χ2v) is 3.74. The van der Waals surface area contributed by atoms with Crippen LogP contribution in [0.1, 0.15) is 30.6 Å². The fourth-order valence-electron chi connectivity index (χ4n) is 1.22. The molecule has 1 aromatic rings. The number of hydrogen-bond donors (Lipinski definition) is 1. The van der Waals surface area contributed by atoms with Crippen LogP contribution in [0.2, 0.25) is 0 Å². The third-order valence-corrected chi connectivity index (χ3v) is 2.35. The normalized spacial score (nSPS) is 11.9. The molecule has 1 rings (SSSR count). The molecule has 92 valence electrons. The second-order valence-electron chi connectivity index (χ2n) is 3.74. The molecule has 0 saturated heterocycles. The van der Waals surface area contributed by atoms with E-state index >= 15 is 0 Å². The van der Waals surface area contributed by atoms with E-state index in [1.165, 1.54) is 0 Å². The van der Waals surface area contributed by atoms with Crippen molar-refractivity contribution >= 4 is 11.6 Å². The number of non-ortho nitro benzene ring substituents is 1. The summed E-state index contributed by atoms with van der Waals surface area (Å²) in [6.45, 7) is 3.69. The van der Waals surface area contributed by atoms with Crippen LogP contribution in [0.15, 0.2) is 18.2 Å². The van der Waals surface area contributed by atoms with Crippen LogP contribution >= 0.6 is 0 Å². The van der Waals surface area contributed by atoms with Gasteiger partial charge in [0.15, 0.2) is 0 Å². The van der Waals surface area contributed by atoms with Crippen molar-refractivity contribution in [3.8, 4) is 0 Å². The summed E-state index contributed by atoms with van der Waals surface area (Å²) in [5.74, 6) is -1.31. The lowest BCUT2D eigenvalue weighted by Crippen LogP contribution is -2.32. The zero-order valence-corrected chi connectivity index (χ0v) is 9.57. The fourth-order valence-corrected chi connectivity index (χ4v) is 1.22. The molecule has 5 nitrogen and oxygen atoms in total. The number of nitro groups is 1. The smallest absolute Gasteiger partial charge is 0.273 e. The van der Waals surface area contributed by atoms with Crippen molar-refractivity contribution in [1.82, 2.24) is 5.32 Å². The average molecular weight is 240 g/mol. The zero-order valence-electron chi connectivity index (χ0n) is 9.57. The van der Waals surface area contributed by atoms with Crippen LogP contribution in [-0.4, -0.2) is 16.9 Å². The van der Waals surface area contributed by atoms with Gasteiger partial charge in [-0.3, -0.25) is 14.9 Å². The highest BCUT2D eigenvalue weighted by Gasteiger charge is 2.15. The molecule has 0 aromatic heterocycles. The van der Waals surface area contributed by atoms with E-state index in [1.54, 1.807) is 6.92 Å². The van der Waals surface area contributed by atoms with E-state index in [1.807, 2.05) is 6.92 Å². The molecule has 1 unspecified atom stereocenters. The van der Waals surface area contributed by atoms with Crippen LogP contribution in [0.25, 0.3) is 0 Å². The first-order chi connectivity index (χ1) is 7.93. The number of carbonyl (C=O) groups is 1. The minimum absolute atomic E-state index is 0.0444. The maximum atomic E-state index is 13.1. The van der Waals surface area contributed by atoms with Gasteiger partial charge in [0.1, 0.15) is 5.82 Å². The molecule has 1 N–H and O–H groups in total. The Balaban J connectivity index is 2.97. The molecule has 0 radical (unpaired) electrons. The van der Waals surface area contributed by atoms with Crippen LogP contribution in [0, 0.1) is 15.9 Å². The van der Waals surface area contributed by atoms with E-state index in [0.717, 1.165) is 24.6 Å². The van der Waals surface area contributed by atoms with E-state index in [-0.39, 0.29) is 11.6 Å². The number of amides is 1. The maximum absolute atomic E-state index is 13.1. The summed E-state index contributed by atoms with van der Waals surface area (Å²) in [5, 5.41) is 13.1. The van der Waals surface area contributed by atoms with Crippen LogP contribution in [0.4, 0.5) is 10.1 Å². The molecule has 0 aliphatic heterocycles. The molecule has 0 spiro atoms. The average Bonchev–Trinajstić information content (AvgIpc) is 2.27. The topological polar surface area (TPSA) is 72.2 Å². The van der Waals surface area contributed by atoms with Gasteiger partial charge in [-0.1, -0.05) is 6.92 Å². The molecule has 1 atom stereocenters. The number of benzene rings is 1. The number of nitrogens with zero attached hydrogens (tertiary/aromatic N) is 1. The van der Waals surface area contributed by atoms with Gasteiger partial charge in [-0.25, -0.2) is 4.39 Å². The molecule has 0 fully saturated rings. The predicted octanol–water partition coefficient (Wildman–Crippen LogP) is 2.26. The highest BCUT2D eigenvalue weighted by atomic mass is 19.1. The minimum atomic E-state index is -0.798. The lowest BCUT2D eigenvalue weighted by Gasteiger charge is -2.11. The Morgan fingerprint density at radius 3 is 2.71 bits per heavy atom. The van der Waals surface area contributed by atoms with Crippen LogP contribution in [-0.2, 0) is 0 Å². The lowest BCUT2D eigenvalue weighted by atomic mass is 10.1. The number of nitrogens with one attached hydrogen (secondary N) is 1. The van der Waals surface area contributed by atoms with Gasteiger partial charge in [-0.05, 0) is 19.4 Å². The quantitative estimate of drug-likeness (QED) is 0.648. The third kappa shape index (κ3) is 3.51. The SMILES string of the molecule is CCC(C)NC(=O)c1cc(F)cc([N+](=O)[O-])c1. The fraction of sp³-hybridized carbons (Fsp3) is 0.364. The Morgan fingerprint density at radius 2 is 2.18 bits per heavy atom. The first kappa shape index (κ1) is 13.1. The van der Waals surface area contributed by atoms with Gasteiger partial charge in [0.25, 0.3) is 11.6 Å². The van der Waals surface area contributed by atoms with Crippen LogP contribution < -0.4 is 5.32 Å². The predicted molar refractivity (Wildman–Crippen MR) is 60.3 cm³/mol. The van der Waals surface area contributed by atoms with Gasteiger partial charge in [0, 0.05) is 17.7 Å². The molecule has 6 heteroatoms. The van der Waals surface area contributed by atoms with Gasteiger partial charge >= 0.3 is 0 Å². The minimum Gasteiger partial charge on any atom is -0.350 e. The molecular formula is C11H13FN2O3. The summed E-state index contributed by atoms with van der Waals surface area (Å²) in [4.78, 5) is 21.4. The van der Waals surface area contributed by atoms with Crippen molar-refractivity contribution in [2.75, 3.05) is 0 Å². The molecule has 0 saturated carbocycles. The summed E-state index contributed by atoms with van der Waals surface area (Å²) in [5.41, 5.74) is -0.476. The Morgan fingerprint density at radius 1 is 1.53 bits per heavy atom. The Labute approximate surface area is 97.8 Å². The maximum Gasteiger partial charge on any atom is 0.273 e. The summed E-state index contributed by atoms with van der Waals surface area (Å²) >= 11 is 0. The highest BCUT2D eigenvalue weighted by molar-refractivity contribution is 5.95. The van der Waals surface area contributed by atoms with E-state index in [0.29, 0.717) is 0 Å². The van der Waals surface area contributed by atoms with Gasteiger partial charge < -0.3 is 5.32 Å². The second kappa shape index (κ2) is 5.38. The molecule has 1 aromatic carbocycles. The van der Waals surface area contributed by atoms with Crippen molar-refractivity contribution < 1.29 is 14.1 Å². The summed E-state index contributed by atoms with van der Waals surface area (Å²) < 4.78 is 13.1. The molecule has 0 heterocycles. The Bertz CT molecular complexity index is 448. The van der Waals surface area contributed by atoms with Gasteiger partial charge in [0.05, 0.1) is 11.0 Å². The Hall–Kier alpha value is -1.98. The summed E-state index contributed by atoms with van der Waals surface area (Å²) in [7, 11) is 0. The van der Waals surface area contributed by atoms with E-state index in [9.17, 15) is 19.3 Å². The number of carbonyl (C=O) groups excluding carboxylic acids is 1. The number of halogens is 1. The monoisotopic (exact) mass is 240 g/mol. The molecule has 0 aliphatic rings. The number of rotatable bonds is 4. The first-order valence-electron chi connectivity index (χ1n) is 5.20. The van der Waals surface area contributed by atoms with E-state index < -0.39 is 22.3 Å². The highest BCUT2D eigenvalue weighted by Crippen LogP contribution is 2.16. The summed E-state index contributed by atoms with van der Waals surface area (Å²) in [6.07, 6.45) is 0.725. The molecule has 17 heavy (non-hydrogen) atoms. The number of nitro benzene ring substituents is 1. The Kier molecular flexibility index (Phi) is 4.14. The van der Waals surface area contributed by atoms with Crippen molar-refractivity contribution in [3.05, 3.63) is 39.7 Å². The van der Waals surface area contributed by atoms with Gasteiger partial charge in [0.2, 0.25) is 0 Å². The molecule has 0 bridgehead atoms. The first-order valence-corrected chi connectivity index (χ1v) is 5.20. The largest absolute Gasteiger partial charge is 0.350 e. The third-order valence-electron chi connectivity index (χ3n) is 2.35. The molecule has 1 amide bonds. The van der Waals surface area contributed by atoms with Gasteiger partial charge in [-0.2, -0.15) is 0 Å². The van der Waals surface area contributed by atoms with Gasteiger partial charge in [-0.15, -0.1) is 0 Å². The van der Waals surface area contributed by atoms with Crippen molar-refractivity contribution in [2.24, 2.45) is 0 Å². The lowest BCUT2D eigenvalue weighted by molar-refractivity contribution is -0.385. The van der Waals surface area contributed by atoms with Crippen molar-refractivity contribution in [1.29, 1.82) is 0 Å². The van der Waals surface area contributed by atoms with E-state index in [2.05, 4.69) is 5.32 Å². The zero-order chi connectivity index (χ0) is 13.0. The van der Waals surface area contributed by atoms with Crippen LogP contribution in [0.3, 0.4) is 0 Å². The van der Waals surface area contributed by atoms with Crippen molar-refractivity contribution in [2.45, 2.75) is 26.3 Å². The van der Waals surface area contributed by atoms with E-state index in [4.69, 9.17) is 0 Å². The number of hydrogen-bond acceptors (Lipinski definition) is 3. The molecular weight excluding hydrogens is 227 g/mol. The molecule has 0 aliphatic carbocycles. The summed E-state index contributed by atoms with van der Waals surface area (Å²) in [6, 6.07) is 2.75. The standard InChI is InChI=1S/C11H13FN2O3/c1-3-7(2)13-11(15)8-4-9(12)6-10(5-8)14(16)17/h4-7H,3H2,1-2H3,(H,13,15).